The number of amides is 2. The molecule has 2 amide bonds. The number of piperazine rings is 1. The number of esters is 1. The van der Waals surface area contributed by atoms with E-state index in [1.807, 2.05) is 24.0 Å². The highest BCUT2D eigenvalue weighted by molar-refractivity contribution is 5.97. The lowest BCUT2D eigenvalue weighted by Gasteiger charge is -2.42. The van der Waals surface area contributed by atoms with Crippen molar-refractivity contribution in [3.63, 3.8) is 0 Å². The fraction of sp³-hybridized carbons (Fsp3) is 0.609. The van der Waals surface area contributed by atoms with Crippen LogP contribution in [0.15, 0.2) is 24.3 Å². The summed E-state index contributed by atoms with van der Waals surface area (Å²) in [5, 5.41) is 0. The molecule has 0 bridgehead atoms. The molecule has 0 unspecified atom stereocenters. The van der Waals surface area contributed by atoms with E-state index in [4.69, 9.17) is 4.74 Å². The summed E-state index contributed by atoms with van der Waals surface area (Å²) in [5.74, 6) is -0.397. The fourth-order valence-corrected chi connectivity index (χ4v) is 4.83. The van der Waals surface area contributed by atoms with Crippen molar-refractivity contribution in [2.75, 3.05) is 39.3 Å². The molecule has 7 heteroatoms. The zero-order chi connectivity index (χ0) is 21.3. The van der Waals surface area contributed by atoms with Gasteiger partial charge in [0.15, 0.2) is 5.60 Å². The molecule has 0 aliphatic carbocycles. The number of hydrogen-bond acceptors (Lipinski definition) is 5. The molecule has 3 aliphatic heterocycles. The predicted octanol–water partition coefficient (Wildman–Crippen LogP) is 1.70. The Bertz CT molecular complexity index is 827. The van der Waals surface area contributed by atoms with Gasteiger partial charge in [0.05, 0.1) is 11.6 Å². The van der Waals surface area contributed by atoms with Gasteiger partial charge in [-0.2, -0.15) is 0 Å². The monoisotopic (exact) mass is 413 g/mol. The Morgan fingerprint density at radius 1 is 0.967 bits per heavy atom. The highest BCUT2D eigenvalue weighted by atomic mass is 16.6. The molecule has 162 valence electrons. The SMILES string of the molecule is C[C@@H](C(=O)N1CCCCC1)N1CCN(C(=O)[C@]2(C)Cc3ccccc3C(=O)O2)CC1. The summed E-state index contributed by atoms with van der Waals surface area (Å²) >= 11 is 0. The summed E-state index contributed by atoms with van der Waals surface area (Å²) in [5.41, 5.74) is 0.213. The summed E-state index contributed by atoms with van der Waals surface area (Å²) in [6.45, 7) is 7.74. The molecule has 3 aliphatic rings. The van der Waals surface area contributed by atoms with Crippen molar-refractivity contribution in [3.8, 4) is 0 Å². The number of cyclic esters (lactones) is 1. The third kappa shape index (κ3) is 3.95. The number of likely N-dealkylation sites (tertiary alicyclic amines) is 1. The van der Waals surface area contributed by atoms with E-state index in [2.05, 4.69) is 4.90 Å². The lowest BCUT2D eigenvalue weighted by atomic mass is 9.88. The van der Waals surface area contributed by atoms with Crippen LogP contribution in [0.1, 0.15) is 49.0 Å². The van der Waals surface area contributed by atoms with Crippen LogP contribution in [-0.2, 0) is 20.7 Å². The lowest BCUT2D eigenvalue weighted by molar-refractivity contribution is -0.153. The predicted molar refractivity (Wildman–Crippen MR) is 112 cm³/mol. The van der Waals surface area contributed by atoms with Gasteiger partial charge in [-0.1, -0.05) is 18.2 Å². The first-order valence-electron chi connectivity index (χ1n) is 11.0. The summed E-state index contributed by atoms with van der Waals surface area (Å²) in [6, 6.07) is 7.13. The number of carbonyl (C=O) groups excluding carboxylic acids is 3. The largest absolute Gasteiger partial charge is 0.445 e. The maximum atomic E-state index is 13.2. The second-order valence-corrected chi connectivity index (χ2v) is 8.84. The van der Waals surface area contributed by atoms with E-state index >= 15 is 0 Å². The molecular weight excluding hydrogens is 382 g/mol. The summed E-state index contributed by atoms with van der Waals surface area (Å²) in [4.78, 5) is 44.4. The van der Waals surface area contributed by atoms with Crippen LogP contribution in [0.5, 0.6) is 0 Å². The van der Waals surface area contributed by atoms with Crippen molar-refractivity contribution in [1.29, 1.82) is 0 Å². The molecule has 2 fully saturated rings. The van der Waals surface area contributed by atoms with Gasteiger partial charge in [0.2, 0.25) is 5.91 Å². The Hall–Kier alpha value is -2.41. The molecule has 0 aromatic heterocycles. The second kappa shape index (κ2) is 8.38. The van der Waals surface area contributed by atoms with Crippen molar-refractivity contribution in [3.05, 3.63) is 35.4 Å². The first-order valence-corrected chi connectivity index (χ1v) is 11.0. The smallest absolute Gasteiger partial charge is 0.339 e. The zero-order valence-electron chi connectivity index (χ0n) is 17.9. The van der Waals surface area contributed by atoms with Crippen molar-refractivity contribution in [2.24, 2.45) is 0 Å². The third-order valence-corrected chi connectivity index (χ3v) is 6.71. The van der Waals surface area contributed by atoms with Gasteiger partial charge in [0.1, 0.15) is 0 Å². The van der Waals surface area contributed by atoms with Gasteiger partial charge in [-0.3, -0.25) is 14.5 Å². The Morgan fingerprint density at radius 2 is 1.63 bits per heavy atom. The maximum Gasteiger partial charge on any atom is 0.339 e. The highest BCUT2D eigenvalue weighted by Gasteiger charge is 2.45. The minimum absolute atomic E-state index is 0.153. The summed E-state index contributed by atoms with van der Waals surface area (Å²) in [6.07, 6.45) is 3.76. The molecule has 1 aromatic carbocycles. The lowest BCUT2D eigenvalue weighted by Crippen LogP contribution is -2.60. The Morgan fingerprint density at radius 3 is 2.33 bits per heavy atom. The standard InChI is InChI=1S/C23H31N3O4/c1-17(20(27)25-10-6-3-7-11-25)24-12-14-26(15-13-24)22(29)23(2)16-18-8-4-5-9-19(18)21(28)30-23/h4-5,8-9,17H,3,6-7,10-16H2,1-2H3/t17-,23-/m0/s1. The number of hydrogen-bond donors (Lipinski definition) is 0. The zero-order valence-corrected chi connectivity index (χ0v) is 17.9. The first kappa shape index (κ1) is 20.8. The van der Waals surface area contributed by atoms with E-state index in [1.54, 1.807) is 24.0 Å². The Kier molecular flexibility index (Phi) is 5.82. The van der Waals surface area contributed by atoms with Crippen LogP contribution in [0, 0.1) is 0 Å². The van der Waals surface area contributed by atoms with E-state index in [9.17, 15) is 14.4 Å². The third-order valence-electron chi connectivity index (χ3n) is 6.71. The molecule has 2 saturated heterocycles. The normalized spacial score (nSPS) is 26.0. The quantitative estimate of drug-likeness (QED) is 0.706. The Balaban J connectivity index is 1.36. The van der Waals surface area contributed by atoms with Crippen LogP contribution in [0.3, 0.4) is 0 Å². The van der Waals surface area contributed by atoms with Crippen molar-refractivity contribution < 1.29 is 19.1 Å². The number of rotatable bonds is 3. The van der Waals surface area contributed by atoms with Crippen molar-refractivity contribution >= 4 is 17.8 Å². The van der Waals surface area contributed by atoms with E-state index in [0.717, 1.165) is 31.5 Å². The first-order chi connectivity index (χ1) is 14.4. The van der Waals surface area contributed by atoms with Gasteiger partial charge in [-0.05, 0) is 44.7 Å². The molecule has 0 N–H and O–H groups in total. The minimum atomic E-state index is -1.18. The number of ether oxygens (including phenoxy) is 1. The molecule has 1 aromatic rings. The van der Waals surface area contributed by atoms with Crippen molar-refractivity contribution in [2.45, 2.75) is 51.2 Å². The molecule has 0 saturated carbocycles. The number of carbonyl (C=O) groups is 3. The summed E-state index contributed by atoms with van der Waals surface area (Å²) < 4.78 is 5.60. The van der Waals surface area contributed by atoms with Gasteiger partial charge >= 0.3 is 5.97 Å². The van der Waals surface area contributed by atoms with Crippen LogP contribution in [0.4, 0.5) is 0 Å². The van der Waals surface area contributed by atoms with Crippen molar-refractivity contribution in [1.82, 2.24) is 14.7 Å². The van der Waals surface area contributed by atoms with Gasteiger partial charge < -0.3 is 14.5 Å². The number of benzene rings is 1. The van der Waals surface area contributed by atoms with Gasteiger partial charge in [0, 0.05) is 45.7 Å². The van der Waals surface area contributed by atoms with E-state index in [-0.39, 0.29) is 17.9 Å². The highest BCUT2D eigenvalue weighted by Crippen LogP contribution is 2.30. The minimum Gasteiger partial charge on any atom is -0.445 e. The summed E-state index contributed by atoms with van der Waals surface area (Å²) in [7, 11) is 0. The van der Waals surface area contributed by atoms with E-state index in [1.165, 1.54) is 6.42 Å². The number of fused-ring (bicyclic) bond motifs is 1. The van der Waals surface area contributed by atoms with Gasteiger partial charge in [-0.25, -0.2) is 4.79 Å². The molecule has 4 rings (SSSR count). The van der Waals surface area contributed by atoms with E-state index in [0.29, 0.717) is 38.2 Å². The molecule has 30 heavy (non-hydrogen) atoms. The van der Waals surface area contributed by atoms with E-state index < -0.39 is 11.6 Å². The van der Waals surface area contributed by atoms with Crippen LogP contribution in [0.25, 0.3) is 0 Å². The number of piperidine rings is 1. The fourth-order valence-electron chi connectivity index (χ4n) is 4.83. The molecule has 3 heterocycles. The van der Waals surface area contributed by atoms with Crippen LogP contribution >= 0.6 is 0 Å². The number of nitrogens with zero attached hydrogens (tertiary/aromatic N) is 3. The van der Waals surface area contributed by atoms with Gasteiger partial charge in [0.25, 0.3) is 5.91 Å². The average Bonchev–Trinajstić information content (AvgIpc) is 2.78. The Labute approximate surface area is 177 Å². The maximum absolute atomic E-state index is 13.2. The topological polar surface area (TPSA) is 70.2 Å². The molecule has 7 nitrogen and oxygen atoms in total. The molecule has 2 atom stereocenters. The van der Waals surface area contributed by atoms with Crippen LogP contribution < -0.4 is 0 Å². The second-order valence-electron chi connectivity index (χ2n) is 8.84. The molecule has 0 spiro atoms. The van der Waals surface area contributed by atoms with Crippen LogP contribution in [-0.4, -0.2) is 83.4 Å². The molecular formula is C23H31N3O4. The van der Waals surface area contributed by atoms with Crippen LogP contribution in [0.2, 0.25) is 0 Å². The average molecular weight is 414 g/mol. The molecule has 0 radical (unpaired) electrons. The van der Waals surface area contributed by atoms with Gasteiger partial charge in [-0.15, -0.1) is 0 Å².